The molecule has 5 heteroatoms. The standard InChI is InChI=1S/C13H8BrN3O/c14-9-5-7-10(8-6-9)17-15-12-4-2-1-3-11(12)13(18)16-17/h1-8H. The van der Waals surface area contributed by atoms with Gasteiger partial charge in [0.2, 0.25) is 0 Å². The Bertz CT molecular complexity index is 713. The Morgan fingerprint density at radius 1 is 0.944 bits per heavy atom. The lowest BCUT2D eigenvalue weighted by Crippen LogP contribution is -2.40. The Morgan fingerprint density at radius 2 is 1.67 bits per heavy atom. The average molecular weight is 302 g/mol. The van der Waals surface area contributed by atoms with Crippen LogP contribution in [0, 0.1) is 0 Å². The van der Waals surface area contributed by atoms with Gasteiger partial charge in [-0.3, -0.25) is 0 Å². The second kappa shape index (κ2) is 4.34. The molecule has 0 radical (unpaired) electrons. The maximum absolute atomic E-state index is 11.9. The lowest BCUT2D eigenvalue weighted by atomic mass is 10.2. The van der Waals surface area contributed by atoms with Crippen LogP contribution in [0.3, 0.4) is 0 Å². The molecule has 1 heterocycles. The first-order valence-electron chi connectivity index (χ1n) is 5.36. The molecular formula is C13H8BrN3O. The molecule has 0 unspecified atom stereocenters. The van der Waals surface area contributed by atoms with Gasteiger partial charge in [-0.25, -0.2) is 0 Å². The first-order chi connectivity index (χ1) is 8.74. The summed E-state index contributed by atoms with van der Waals surface area (Å²) < 4.78 is 0.968. The van der Waals surface area contributed by atoms with Crippen molar-refractivity contribution in [3.8, 4) is 11.6 Å². The van der Waals surface area contributed by atoms with Crippen molar-refractivity contribution in [1.82, 2.24) is 10.2 Å². The molecule has 0 aliphatic rings. The number of hydrogen-bond acceptors (Lipinski definition) is 3. The van der Waals surface area contributed by atoms with Crippen molar-refractivity contribution < 1.29 is 9.90 Å². The van der Waals surface area contributed by atoms with Gasteiger partial charge in [0, 0.05) is 32.2 Å². The highest BCUT2D eigenvalue weighted by molar-refractivity contribution is 9.10. The van der Waals surface area contributed by atoms with E-state index in [0.717, 1.165) is 10.2 Å². The third-order valence-electron chi connectivity index (χ3n) is 2.58. The van der Waals surface area contributed by atoms with Crippen LogP contribution in [0.5, 0.6) is 5.88 Å². The summed E-state index contributed by atoms with van der Waals surface area (Å²) in [6, 6.07) is 14.6. The molecule has 0 spiro atoms. The molecule has 0 saturated heterocycles. The van der Waals surface area contributed by atoms with E-state index in [-0.39, 0.29) is 5.88 Å². The van der Waals surface area contributed by atoms with E-state index in [0.29, 0.717) is 10.9 Å². The van der Waals surface area contributed by atoms with Gasteiger partial charge in [0.25, 0.3) is 5.69 Å². The molecule has 0 atom stereocenters. The first kappa shape index (κ1) is 11.1. The fraction of sp³-hybridized carbons (Fsp3) is 0. The quantitative estimate of drug-likeness (QED) is 0.643. The van der Waals surface area contributed by atoms with Gasteiger partial charge in [-0.1, -0.05) is 34.1 Å². The second-order valence-electron chi connectivity index (χ2n) is 3.79. The van der Waals surface area contributed by atoms with E-state index < -0.39 is 0 Å². The molecule has 0 aliphatic heterocycles. The normalized spacial score (nSPS) is 10.7. The summed E-state index contributed by atoms with van der Waals surface area (Å²) in [7, 11) is 0. The largest absolute Gasteiger partial charge is 0.854 e. The molecule has 0 fully saturated rings. The maximum Gasteiger partial charge on any atom is 0.268 e. The molecule has 88 valence electrons. The van der Waals surface area contributed by atoms with E-state index in [9.17, 15) is 5.11 Å². The molecule has 1 aromatic heterocycles. The Hall–Kier alpha value is -2.01. The topological polar surface area (TPSA) is 52.7 Å². The molecule has 0 amide bonds. The summed E-state index contributed by atoms with van der Waals surface area (Å²) in [6.45, 7) is 0. The number of fused-ring (bicyclic) bond motifs is 1. The van der Waals surface area contributed by atoms with Crippen LogP contribution in [0.2, 0.25) is 0 Å². The number of rotatable bonds is 1. The van der Waals surface area contributed by atoms with Crippen LogP contribution in [0.1, 0.15) is 0 Å². The van der Waals surface area contributed by atoms with Crippen molar-refractivity contribution in [3.63, 3.8) is 0 Å². The van der Waals surface area contributed by atoms with E-state index >= 15 is 0 Å². The van der Waals surface area contributed by atoms with Crippen LogP contribution in [0.25, 0.3) is 16.6 Å². The van der Waals surface area contributed by atoms with Crippen LogP contribution < -0.4 is 9.90 Å². The molecule has 0 aliphatic carbocycles. The van der Waals surface area contributed by atoms with E-state index in [1.165, 1.54) is 4.80 Å². The number of aromatic nitrogens is 3. The number of hydrogen-bond donors (Lipinski definition) is 0. The number of benzene rings is 2. The van der Waals surface area contributed by atoms with Crippen molar-refractivity contribution in [2.75, 3.05) is 0 Å². The lowest BCUT2D eigenvalue weighted by molar-refractivity contribution is -0.720. The molecule has 4 nitrogen and oxygen atoms in total. The highest BCUT2D eigenvalue weighted by Crippen LogP contribution is 2.16. The molecule has 3 aromatic rings. The van der Waals surface area contributed by atoms with Crippen LogP contribution in [-0.4, -0.2) is 10.2 Å². The zero-order chi connectivity index (χ0) is 12.5. The second-order valence-corrected chi connectivity index (χ2v) is 4.70. The van der Waals surface area contributed by atoms with Crippen molar-refractivity contribution in [2.45, 2.75) is 0 Å². The summed E-state index contributed by atoms with van der Waals surface area (Å²) in [6.07, 6.45) is 0. The fourth-order valence-electron chi connectivity index (χ4n) is 1.70. The Kier molecular flexibility index (Phi) is 2.68. The summed E-state index contributed by atoms with van der Waals surface area (Å²) in [5.74, 6) is -0.275. The average Bonchev–Trinajstić information content (AvgIpc) is 2.39. The van der Waals surface area contributed by atoms with Crippen LogP contribution in [-0.2, 0) is 0 Å². The summed E-state index contributed by atoms with van der Waals surface area (Å²) in [5, 5.41) is 20.7. The van der Waals surface area contributed by atoms with E-state index in [4.69, 9.17) is 0 Å². The van der Waals surface area contributed by atoms with Crippen molar-refractivity contribution >= 4 is 26.8 Å². The van der Waals surface area contributed by atoms with Gasteiger partial charge >= 0.3 is 0 Å². The Balaban J connectivity index is 2.21. The molecule has 18 heavy (non-hydrogen) atoms. The molecular weight excluding hydrogens is 294 g/mol. The smallest absolute Gasteiger partial charge is 0.268 e. The van der Waals surface area contributed by atoms with Crippen LogP contribution in [0.15, 0.2) is 53.0 Å². The van der Waals surface area contributed by atoms with Gasteiger partial charge in [-0.2, -0.15) is 0 Å². The highest BCUT2D eigenvalue weighted by atomic mass is 79.9. The van der Waals surface area contributed by atoms with Gasteiger partial charge in [0.1, 0.15) is 5.52 Å². The third-order valence-corrected chi connectivity index (χ3v) is 3.11. The molecule has 3 rings (SSSR count). The predicted molar refractivity (Wildman–Crippen MR) is 68.2 cm³/mol. The van der Waals surface area contributed by atoms with Crippen molar-refractivity contribution in [3.05, 3.63) is 53.0 Å². The molecule has 0 saturated carbocycles. The Labute approximate surface area is 112 Å². The molecule has 0 bridgehead atoms. The predicted octanol–water partition coefficient (Wildman–Crippen LogP) is 1.74. The maximum atomic E-state index is 11.9. The van der Waals surface area contributed by atoms with Crippen LogP contribution >= 0.6 is 15.9 Å². The van der Waals surface area contributed by atoms with Crippen molar-refractivity contribution in [1.29, 1.82) is 0 Å². The highest BCUT2D eigenvalue weighted by Gasteiger charge is 2.12. The molecule has 2 aromatic carbocycles. The summed E-state index contributed by atoms with van der Waals surface area (Å²) in [5.41, 5.74) is 1.39. The van der Waals surface area contributed by atoms with Gasteiger partial charge < -0.3 is 5.11 Å². The SMILES string of the molecule is [O-]c1n[n+](-c2ccc(Br)cc2)nc2ccccc12. The van der Waals surface area contributed by atoms with E-state index in [1.807, 2.05) is 30.3 Å². The van der Waals surface area contributed by atoms with Gasteiger partial charge in [0.15, 0.2) is 0 Å². The minimum Gasteiger partial charge on any atom is -0.854 e. The zero-order valence-corrected chi connectivity index (χ0v) is 10.8. The van der Waals surface area contributed by atoms with Crippen molar-refractivity contribution in [2.24, 2.45) is 0 Å². The summed E-state index contributed by atoms with van der Waals surface area (Å²) >= 11 is 3.36. The minimum absolute atomic E-state index is 0.275. The van der Waals surface area contributed by atoms with E-state index in [1.54, 1.807) is 18.2 Å². The van der Waals surface area contributed by atoms with Gasteiger partial charge in [-0.15, -0.1) is 0 Å². The zero-order valence-electron chi connectivity index (χ0n) is 9.25. The fourth-order valence-corrected chi connectivity index (χ4v) is 1.96. The Morgan fingerprint density at radius 3 is 2.44 bits per heavy atom. The van der Waals surface area contributed by atoms with E-state index in [2.05, 4.69) is 26.1 Å². The number of halogens is 1. The summed E-state index contributed by atoms with van der Waals surface area (Å²) in [4.78, 5) is 1.36. The monoisotopic (exact) mass is 301 g/mol. The van der Waals surface area contributed by atoms with Crippen LogP contribution in [0.4, 0.5) is 0 Å². The lowest BCUT2D eigenvalue weighted by Gasteiger charge is -2.04. The minimum atomic E-state index is -0.275. The third kappa shape index (κ3) is 1.93. The molecule has 0 N–H and O–H groups in total. The van der Waals surface area contributed by atoms with Gasteiger partial charge in [0.05, 0.1) is 10.7 Å². The van der Waals surface area contributed by atoms with Gasteiger partial charge in [-0.05, 0) is 18.2 Å². The number of nitrogens with zero attached hydrogens (tertiary/aromatic N) is 3. The first-order valence-corrected chi connectivity index (χ1v) is 6.16.